The lowest BCUT2D eigenvalue weighted by atomic mass is 10.1. The fraction of sp³-hybridized carbons (Fsp3) is 0.0588. The molecule has 3 rings (SSSR count). The Morgan fingerprint density at radius 2 is 1.61 bits per heavy atom. The minimum absolute atomic E-state index is 0.366. The van der Waals surface area contributed by atoms with Crippen LogP contribution in [0.5, 0.6) is 5.75 Å². The van der Waals surface area contributed by atoms with Crippen LogP contribution in [0.15, 0.2) is 48.5 Å². The number of aromatic nitrogens is 1. The number of hydrogen-bond donors (Lipinski definition) is 0. The molecule has 0 amide bonds. The van der Waals surface area contributed by atoms with Crippen LogP contribution in [0.1, 0.15) is 6.42 Å². The molecule has 0 aliphatic heterocycles. The third-order valence-corrected chi connectivity index (χ3v) is 3.27. The molecule has 0 aliphatic carbocycles. The van der Waals surface area contributed by atoms with Crippen LogP contribution in [0.4, 0.5) is 0 Å². The number of rotatable bonds is 4. The zero-order valence-corrected chi connectivity index (χ0v) is 12.0. The van der Waals surface area contributed by atoms with E-state index < -0.39 is 18.2 Å². The number of hydrogen-bond acceptors (Lipinski definition) is 4. The van der Waals surface area contributed by atoms with Crippen molar-refractivity contribution >= 4 is 39.8 Å². The summed E-state index contributed by atoms with van der Waals surface area (Å²) in [5.74, 6) is -0.999. The van der Waals surface area contributed by atoms with Gasteiger partial charge in [0.1, 0.15) is 12.2 Å². The number of ether oxygens (including phenoxy) is 1. The highest BCUT2D eigenvalue weighted by atomic mass is 16.5. The SMILES string of the molecule is [N-]=[N+]=CC(=O)CC(=O)Oc1c2ccccc2nc2ccccc12. The van der Waals surface area contributed by atoms with Crippen LogP contribution in [-0.4, -0.2) is 27.7 Å². The number of nitrogens with zero attached hydrogens (tertiary/aromatic N) is 3. The van der Waals surface area contributed by atoms with Gasteiger partial charge in [-0.25, -0.2) is 4.98 Å². The molecule has 0 aliphatic rings. The zero-order chi connectivity index (χ0) is 16.2. The highest BCUT2D eigenvalue weighted by molar-refractivity contribution is 6.29. The van der Waals surface area contributed by atoms with Gasteiger partial charge in [0.15, 0.2) is 0 Å². The predicted octanol–water partition coefficient (Wildman–Crippen LogP) is 2.55. The van der Waals surface area contributed by atoms with E-state index in [1.165, 1.54) is 0 Å². The third kappa shape index (κ3) is 2.97. The summed E-state index contributed by atoms with van der Waals surface area (Å²) in [7, 11) is 0. The topological polar surface area (TPSA) is 92.7 Å². The zero-order valence-electron chi connectivity index (χ0n) is 12.0. The smallest absolute Gasteiger partial charge is 0.323 e. The summed E-state index contributed by atoms with van der Waals surface area (Å²) in [4.78, 5) is 30.5. The highest BCUT2D eigenvalue weighted by Crippen LogP contribution is 2.32. The first kappa shape index (κ1) is 14.6. The van der Waals surface area contributed by atoms with Crippen molar-refractivity contribution in [2.24, 2.45) is 0 Å². The lowest BCUT2D eigenvalue weighted by Gasteiger charge is -2.10. The maximum atomic E-state index is 12.0. The van der Waals surface area contributed by atoms with Gasteiger partial charge in [-0.3, -0.25) is 9.59 Å². The summed E-state index contributed by atoms with van der Waals surface area (Å²) in [5, 5.41) is 1.37. The van der Waals surface area contributed by atoms with Crippen molar-refractivity contribution in [3.8, 4) is 5.75 Å². The first-order chi connectivity index (χ1) is 11.2. The van der Waals surface area contributed by atoms with Gasteiger partial charge in [0.25, 0.3) is 0 Å². The minimum Gasteiger partial charge on any atom is -0.425 e. The van der Waals surface area contributed by atoms with E-state index in [4.69, 9.17) is 10.3 Å². The van der Waals surface area contributed by atoms with Gasteiger partial charge in [-0.15, -0.1) is 0 Å². The largest absolute Gasteiger partial charge is 0.425 e. The Morgan fingerprint density at radius 3 is 2.17 bits per heavy atom. The Labute approximate surface area is 130 Å². The number of Topliss-reactive ketones (excluding diaryl/α,β-unsaturated/α-hetero) is 1. The molecule has 1 heterocycles. The molecule has 0 bridgehead atoms. The Kier molecular flexibility index (Phi) is 3.91. The molecule has 2 aromatic carbocycles. The molecule has 112 valence electrons. The van der Waals surface area contributed by atoms with Crippen LogP contribution in [0.2, 0.25) is 0 Å². The average molecular weight is 305 g/mol. The van der Waals surface area contributed by atoms with Gasteiger partial charge < -0.3 is 10.3 Å². The van der Waals surface area contributed by atoms with Gasteiger partial charge in [-0.05, 0) is 24.3 Å². The lowest BCUT2D eigenvalue weighted by molar-refractivity contribution is -0.137. The first-order valence-electron chi connectivity index (χ1n) is 6.87. The number of ketones is 1. The second-order valence-electron chi connectivity index (χ2n) is 4.84. The van der Waals surface area contributed by atoms with E-state index in [-0.39, 0.29) is 0 Å². The van der Waals surface area contributed by atoms with Crippen LogP contribution in [-0.2, 0) is 9.59 Å². The van der Waals surface area contributed by atoms with Gasteiger partial charge >= 0.3 is 12.2 Å². The number of carbonyl (C=O) groups is 2. The first-order valence-corrected chi connectivity index (χ1v) is 6.87. The molecule has 0 atom stereocenters. The van der Waals surface area contributed by atoms with E-state index in [1.807, 2.05) is 36.4 Å². The van der Waals surface area contributed by atoms with Crippen molar-refractivity contribution < 1.29 is 19.1 Å². The standard InChI is InChI=1S/C17H11N3O3/c18-19-10-11(21)9-16(22)23-17-12-5-1-3-7-14(12)20-15-8-4-2-6-13(15)17/h1-8,10H,9H2. The van der Waals surface area contributed by atoms with Crippen molar-refractivity contribution in [2.75, 3.05) is 0 Å². The molecule has 0 spiro atoms. The number of carbonyl (C=O) groups excluding carboxylic acids is 2. The molecule has 0 fully saturated rings. The van der Waals surface area contributed by atoms with Gasteiger partial charge in [0.05, 0.1) is 11.0 Å². The lowest BCUT2D eigenvalue weighted by Crippen LogP contribution is -2.15. The normalized spacial score (nSPS) is 10.3. The summed E-state index contributed by atoms with van der Waals surface area (Å²) < 4.78 is 5.41. The fourth-order valence-electron chi connectivity index (χ4n) is 2.31. The summed E-state index contributed by atoms with van der Waals surface area (Å²) in [6, 6.07) is 14.6. The molecule has 6 heteroatoms. The molecule has 1 aromatic heterocycles. The van der Waals surface area contributed by atoms with Crippen molar-refractivity contribution in [3.05, 3.63) is 54.1 Å². The molecule has 0 unspecified atom stereocenters. The summed E-state index contributed by atoms with van der Waals surface area (Å²) in [6.07, 6.45) is 0.166. The van der Waals surface area contributed by atoms with Crippen LogP contribution >= 0.6 is 0 Å². The average Bonchev–Trinajstić information content (AvgIpc) is 2.54. The van der Waals surface area contributed by atoms with Gasteiger partial charge in [0.2, 0.25) is 5.78 Å². The third-order valence-electron chi connectivity index (χ3n) is 3.27. The second-order valence-corrected chi connectivity index (χ2v) is 4.84. The minimum atomic E-state index is -0.726. The van der Waals surface area contributed by atoms with E-state index >= 15 is 0 Å². The highest BCUT2D eigenvalue weighted by Gasteiger charge is 2.17. The Hall–Kier alpha value is -3.37. The van der Waals surface area contributed by atoms with Crippen LogP contribution < -0.4 is 4.74 Å². The second kappa shape index (κ2) is 6.17. The van der Waals surface area contributed by atoms with Crippen LogP contribution in [0.3, 0.4) is 0 Å². The monoisotopic (exact) mass is 305 g/mol. The Morgan fingerprint density at radius 1 is 1.04 bits per heavy atom. The van der Waals surface area contributed by atoms with Crippen LogP contribution in [0, 0.1) is 0 Å². The molecule has 3 aromatic rings. The summed E-state index contributed by atoms with van der Waals surface area (Å²) in [5.41, 5.74) is 9.69. The van der Waals surface area contributed by atoms with Crippen molar-refractivity contribution in [3.63, 3.8) is 0 Å². The van der Waals surface area contributed by atoms with E-state index in [1.54, 1.807) is 12.1 Å². The van der Waals surface area contributed by atoms with Gasteiger partial charge in [0, 0.05) is 10.8 Å². The maximum Gasteiger partial charge on any atom is 0.323 e. The van der Waals surface area contributed by atoms with Crippen molar-refractivity contribution in [2.45, 2.75) is 6.42 Å². The number of fused-ring (bicyclic) bond motifs is 2. The number of para-hydroxylation sites is 2. The molecule has 0 saturated carbocycles. The molecular formula is C17H11N3O3. The van der Waals surface area contributed by atoms with E-state index in [0.717, 1.165) is 0 Å². The number of benzene rings is 2. The number of esters is 1. The van der Waals surface area contributed by atoms with Crippen molar-refractivity contribution in [1.29, 1.82) is 0 Å². The van der Waals surface area contributed by atoms with E-state index in [9.17, 15) is 9.59 Å². The Balaban J connectivity index is 2.08. The fourth-order valence-corrected chi connectivity index (χ4v) is 2.31. The molecular weight excluding hydrogens is 294 g/mol. The molecule has 0 radical (unpaired) electrons. The predicted molar refractivity (Wildman–Crippen MR) is 84.2 cm³/mol. The van der Waals surface area contributed by atoms with Crippen LogP contribution in [0.25, 0.3) is 27.3 Å². The Bertz CT molecular complexity index is 921. The maximum absolute atomic E-state index is 12.0. The summed E-state index contributed by atoms with van der Waals surface area (Å²) in [6.45, 7) is 0. The number of pyridine rings is 1. The quantitative estimate of drug-likeness (QED) is 0.185. The van der Waals surface area contributed by atoms with Gasteiger partial charge in [-0.2, -0.15) is 4.79 Å². The molecule has 6 nitrogen and oxygen atoms in total. The molecule has 23 heavy (non-hydrogen) atoms. The summed E-state index contributed by atoms with van der Waals surface area (Å²) >= 11 is 0. The van der Waals surface area contributed by atoms with E-state index in [2.05, 4.69) is 9.77 Å². The molecule has 0 saturated heterocycles. The van der Waals surface area contributed by atoms with E-state index in [0.29, 0.717) is 33.8 Å². The van der Waals surface area contributed by atoms with Crippen molar-refractivity contribution in [1.82, 2.24) is 4.98 Å². The molecule has 0 N–H and O–H groups in total. The van der Waals surface area contributed by atoms with Gasteiger partial charge in [-0.1, -0.05) is 24.3 Å².